The van der Waals surface area contributed by atoms with Gasteiger partial charge in [0.15, 0.2) is 0 Å². The number of hydrogen-bond acceptors (Lipinski definition) is 6. The molecule has 0 aromatic carbocycles. The molecule has 0 heterocycles. The molecule has 0 aliphatic heterocycles. The maximum absolute atomic E-state index is 14.1. The molecule has 0 aliphatic rings. The highest BCUT2D eigenvalue weighted by Crippen LogP contribution is 2.24. The topological polar surface area (TPSA) is 76.2 Å². The average molecular weight is 1020 g/mol. The van der Waals surface area contributed by atoms with E-state index in [4.69, 9.17) is 9.47 Å². The molecule has 0 aromatic heterocycles. The highest BCUT2D eigenvalue weighted by molar-refractivity contribution is 5.76. The van der Waals surface area contributed by atoms with E-state index in [0.717, 1.165) is 83.7 Å². The summed E-state index contributed by atoms with van der Waals surface area (Å²) in [5, 5.41) is 0. The standard InChI is InChI=1S/C65H128N2O5/c1-8-13-18-23-28-29-33-40-50-61(49-39-32-26-21-16-11-4)59-72-65(70)55-45-36-42-52-62(67(57-46-56-66(6)7)63(68)53-43-34-27-22-17-12-5)51-41-35-44-54-64(69)71-58-60(47-37-30-24-19-14-9-2)48-38-31-25-20-15-10-3/h60-62H,8-59H2,1-7H3. The predicted molar refractivity (Wildman–Crippen MR) is 313 cm³/mol. The monoisotopic (exact) mass is 1020 g/mol. The van der Waals surface area contributed by atoms with Crippen molar-refractivity contribution < 1.29 is 23.9 Å². The minimum absolute atomic E-state index is 0.0282. The minimum Gasteiger partial charge on any atom is -0.465 e. The number of esters is 2. The van der Waals surface area contributed by atoms with Crippen molar-refractivity contribution in [2.75, 3.05) is 40.4 Å². The smallest absolute Gasteiger partial charge is 0.305 e. The summed E-state index contributed by atoms with van der Waals surface area (Å²) in [5.74, 6) is 1.24. The zero-order valence-electron chi connectivity index (χ0n) is 49.9. The van der Waals surface area contributed by atoms with Gasteiger partial charge in [0.2, 0.25) is 5.91 Å². The second-order valence-corrected chi connectivity index (χ2v) is 23.1. The number of rotatable bonds is 58. The van der Waals surface area contributed by atoms with E-state index in [0.29, 0.717) is 50.2 Å². The van der Waals surface area contributed by atoms with Crippen molar-refractivity contribution in [3.63, 3.8) is 0 Å². The van der Waals surface area contributed by atoms with Crippen LogP contribution in [0.15, 0.2) is 0 Å². The lowest BCUT2D eigenvalue weighted by Crippen LogP contribution is -2.41. The van der Waals surface area contributed by atoms with E-state index in [1.807, 2.05) is 0 Å². The lowest BCUT2D eigenvalue weighted by atomic mass is 9.94. The Morgan fingerprint density at radius 1 is 0.319 bits per heavy atom. The summed E-state index contributed by atoms with van der Waals surface area (Å²) in [6, 6.07) is 0.197. The molecule has 7 heteroatoms. The van der Waals surface area contributed by atoms with Gasteiger partial charge in [0.05, 0.1) is 13.2 Å². The van der Waals surface area contributed by atoms with Crippen molar-refractivity contribution in [3.05, 3.63) is 0 Å². The van der Waals surface area contributed by atoms with Gasteiger partial charge in [0.25, 0.3) is 0 Å². The molecule has 0 radical (unpaired) electrons. The number of amides is 1. The van der Waals surface area contributed by atoms with E-state index in [1.165, 1.54) is 218 Å². The van der Waals surface area contributed by atoms with E-state index in [1.54, 1.807) is 0 Å². The van der Waals surface area contributed by atoms with Crippen molar-refractivity contribution in [2.24, 2.45) is 11.8 Å². The normalized spacial score (nSPS) is 12.5. The van der Waals surface area contributed by atoms with Gasteiger partial charge in [-0.2, -0.15) is 0 Å². The molecule has 2 atom stereocenters. The summed E-state index contributed by atoms with van der Waals surface area (Å²) in [6.07, 6.45) is 56.3. The SMILES string of the molecule is CCCCCCCCCCC(CCCCCCCC)COC(=O)CCCCCC(CCCCCC(=O)OCC(CCCCCCCC)CCCCCCCC)N(CCCN(C)C)C(=O)CCCCCCCC. The predicted octanol–water partition coefficient (Wildman–Crippen LogP) is 19.9. The lowest BCUT2D eigenvalue weighted by Gasteiger charge is -2.33. The molecule has 0 saturated carbocycles. The molecule has 0 aliphatic carbocycles. The molecule has 0 bridgehead atoms. The van der Waals surface area contributed by atoms with Crippen molar-refractivity contribution in [2.45, 2.75) is 349 Å². The molecule has 72 heavy (non-hydrogen) atoms. The fraction of sp³-hybridized carbons (Fsp3) is 0.954. The van der Waals surface area contributed by atoms with Crippen LogP contribution in [0.2, 0.25) is 0 Å². The van der Waals surface area contributed by atoms with Crippen molar-refractivity contribution in [3.8, 4) is 0 Å². The van der Waals surface area contributed by atoms with E-state index in [2.05, 4.69) is 58.5 Å². The Labute approximate surface area is 450 Å². The zero-order chi connectivity index (χ0) is 52.8. The van der Waals surface area contributed by atoms with Crippen LogP contribution in [-0.2, 0) is 23.9 Å². The largest absolute Gasteiger partial charge is 0.465 e. The van der Waals surface area contributed by atoms with Crippen LogP contribution in [0.5, 0.6) is 0 Å². The third kappa shape index (κ3) is 48.0. The Morgan fingerprint density at radius 2 is 0.597 bits per heavy atom. The van der Waals surface area contributed by atoms with E-state index in [9.17, 15) is 14.4 Å². The third-order valence-corrected chi connectivity index (χ3v) is 15.7. The number of carbonyl (C=O) groups excluding carboxylic acids is 3. The summed E-state index contributed by atoms with van der Waals surface area (Å²) in [5.41, 5.74) is 0. The van der Waals surface area contributed by atoms with Crippen LogP contribution >= 0.6 is 0 Å². The average Bonchev–Trinajstić information content (AvgIpc) is 3.37. The number of hydrogen-bond donors (Lipinski definition) is 0. The Bertz CT molecular complexity index is 1130. The first-order valence-corrected chi connectivity index (χ1v) is 32.5. The molecule has 1 amide bonds. The van der Waals surface area contributed by atoms with Gasteiger partial charge in [-0.15, -0.1) is 0 Å². The van der Waals surface area contributed by atoms with E-state index >= 15 is 0 Å². The van der Waals surface area contributed by atoms with Crippen LogP contribution < -0.4 is 0 Å². The quantitative estimate of drug-likeness (QED) is 0.0446. The van der Waals surface area contributed by atoms with Gasteiger partial charge >= 0.3 is 11.9 Å². The lowest BCUT2D eigenvalue weighted by molar-refractivity contribution is -0.146. The van der Waals surface area contributed by atoms with Gasteiger partial charge in [-0.05, 0) is 96.7 Å². The number of ether oxygens (including phenoxy) is 2. The first-order valence-electron chi connectivity index (χ1n) is 32.5. The van der Waals surface area contributed by atoms with Crippen molar-refractivity contribution >= 4 is 17.8 Å². The molecule has 2 unspecified atom stereocenters. The Morgan fingerprint density at radius 3 is 0.931 bits per heavy atom. The summed E-state index contributed by atoms with van der Waals surface area (Å²) >= 11 is 0. The number of nitrogens with zero attached hydrogens (tertiary/aromatic N) is 2. The number of unbranched alkanes of at least 4 members (excludes halogenated alkanes) is 31. The van der Waals surface area contributed by atoms with Crippen LogP contribution in [0.3, 0.4) is 0 Å². The molecule has 0 aromatic rings. The van der Waals surface area contributed by atoms with Crippen LogP contribution in [0, 0.1) is 11.8 Å². The Balaban J connectivity index is 5.39. The summed E-state index contributed by atoms with van der Waals surface area (Å²) < 4.78 is 12.0. The second kappa shape index (κ2) is 55.6. The van der Waals surface area contributed by atoms with Crippen molar-refractivity contribution in [1.29, 1.82) is 0 Å². The zero-order valence-corrected chi connectivity index (χ0v) is 49.9. The fourth-order valence-electron chi connectivity index (χ4n) is 10.8. The highest BCUT2D eigenvalue weighted by atomic mass is 16.5. The summed E-state index contributed by atoms with van der Waals surface area (Å²) in [6.45, 7) is 14.3. The molecule has 428 valence electrons. The molecular weight excluding hydrogens is 889 g/mol. The van der Waals surface area contributed by atoms with Gasteiger partial charge in [-0.3, -0.25) is 14.4 Å². The van der Waals surface area contributed by atoms with Crippen LogP contribution in [-0.4, -0.2) is 74.1 Å². The number of carbonyl (C=O) groups is 3. The molecule has 0 spiro atoms. The molecule has 0 fully saturated rings. The fourth-order valence-corrected chi connectivity index (χ4v) is 10.8. The van der Waals surface area contributed by atoms with Crippen LogP contribution in [0.4, 0.5) is 0 Å². The van der Waals surface area contributed by atoms with Crippen LogP contribution in [0.25, 0.3) is 0 Å². The van der Waals surface area contributed by atoms with Gasteiger partial charge < -0.3 is 19.3 Å². The Kier molecular flexibility index (Phi) is 54.3. The van der Waals surface area contributed by atoms with E-state index in [-0.39, 0.29) is 18.0 Å². The van der Waals surface area contributed by atoms with Crippen LogP contribution in [0.1, 0.15) is 343 Å². The molecule has 0 rings (SSSR count). The second-order valence-electron chi connectivity index (χ2n) is 23.1. The van der Waals surface area contributed by atoms with E-state index < -0.39 is 0 Å². The maximum atomic E-state index is 14.1. The van der Waals surface area contributed by atoms with Gasteiger partial charge in [-0.25, -0.2) is 0 Å². The van der Waals surface area contributed by atoms with Gasteiger partial charge in [-0.1, -0.05) is 259 Å². The minimum atomic E-state index is -0.0304. The van der Waals surface area contributed by atoms with Gasteiger partial charge in [0, 0.05) is 31.8 Å². The molecule has 7 nitrogen and oxygen atoms in total. The van der Waals surface area contributed by atoms with Gasteiger partial charge in [0.1, 0.15) is 0 Å². The highest BCUT2D eigenvalue weighted by Gasteiger charge is 2.23. The molecule has 0 N–H and O–H groups in total. The summed E-state index contributed by atoms with van der Waals surface area (Å²) in [7, 11) is 4.24. The first kappa shape index (κ1) is 70.4. The maximum Gasteiger partial charge on any atom is 0.305 e. The molecular formula is C65H128N2O5. The Hall–Kier alpha value is -1.63. The third-order valence-electron chi connectivity index (χ3n) is 15.7. The first-order chi connectivity index (χ1) is 35.2. The molecule has 0 saturated heterocycles. The van der Waals surface area contributed by atoms with Crippen molar-refractivity contribution in [1.82, 2.24) is 9.80 Å². The summed E-state index contributed by atoms with van der Waals surface area (Å²) in [4.78, 5) is 44.8.